The van der Waals surface area contributed by atoms with Crippen molar-refractivity contribution in [3.05, 3.63) is 35.4 Å². The lowest BCUT2D eigenvalue weighted by molar-refractivity contribution is 0.0827. The molecule has 0 aliphatic carbocycles. The minimum atomic E-state index is 0. The Labute approximate surface area is 181 Å². The maximum Gasteiger partial charge on any atom is 0.253 e. The molecular formula is C20H36IN5O. The molecule has 0 heterocycles. The highest BCUT2D eigenvalue weighted by Crippen LogP contribution is 2.07. The number of hydrogen-bond acceptors (Lipinski definition) is 3. The van der Waals surface area contributed by atoms with Crippen LogP contribution in [0.5, 0.6) is 0 Å². The second-order valence-electron chi connectivity index (χ2n) is 6.60. The van der Waals surface area contributed by atoms with Crippen LogP contribution in [0.4, 0.5) is 0 Å². The van der Waals surface area contributed by atoms with Crippen molar-refractivity contribution >= 4 is 35.8 Å². The van der Waals surface area contributed by atoms with Crippen molar-refractivity contribution in [1.82, 2.24) is 20.4 Å². The number of likely N-dealkylation sites (N-methyl/N-ethyl adjacent to an activating group) is 1. The van der Waals surface area contributed by atoms with Gasteiger partial charge in [0.1, 0.15) is 0 Å². The molecule has 0 aliphatic rings. The molecule has 0 spiro atoms. The third kappa shape index (κ3) is 8.92. The minimum absolute atomic E-state index is 0. The third-order valence-corrected chi connectivity index (χ3v) is 4.51. The number of carbonyl (C=O) groups excluding carboxylic acids is 1. The van der Waals surface area contributed by atoms with Gasteiger partial charge in [0.05, 0.1) is 0 Å². The van der Waals surface area contributed by atoms with E-state index in [1.54, 1.807) is 26.0 Å². The van der Waals surface area contributed by atoms with E-state index >= 15 is 0 Å². The average molecular weight is 489 g/mol. The Balaban J connectivity index is 0.00000676. The SMILES string of the molecule is CCN(CC)C(C)CNC(=NC)NCCc1cccc(C(=O)N(C)C)c1.I. The van der Waals surface area contributed by atoms with Crippen molar-refractivity contribution in [3.63, 3.8) is 0 Å². The quantitative estimate of drug-likeness (QED) is 0.318. The van der Waals surface area contributed by atoms with Crippen molar-refractivity contribution in [3.8, 4) is 0 Å². The number of amides is 1. The molecule has 1 aromatic carbocycles. The first-order valence-electron chi connectivity index (χ1n) is 9.42. The molecule has 0 saturated heterocycles. The van der Waals surface area contributed by atoms with Gasteiger partial charge in [0.2, 0.25) is 0 Å². The molecule has 0 aliphatic heterocycles. The molecule has 0 aromatic heterocycles. The van der Waals surface area contributed by atoms with Crippen LogP contribution in [-0.2, 0) is 6.42 Å². The lowest BCUT2D eigenvalue weighted by Gasteiger charge is -2.27. The normalized spacial score (nSPS) is 12.3. The molecule has 154 valence electrons. The standard InChI is InChI=1S/C20H35N5O.HI/c1-7-25(8-2)16(3)15-23-20(21-4)22-13-12-17-10-9-11-18(14-17)19(26)24(5)6;/h9-11,14,16H,7-8,12-13,15H2,1-6H3,(H2,21,22,23);1H. The van der Waals surface area contributed by atoms with E-state index in [1.807, 2.05) is 24.3 Å². The van der Waals surface area contributed by atoms with Crippen molar-refractivity contribution in [2.75, 3.05) is 47.3 Å². The van der Waals surface area contributed by atoms with Crippen molar-refractivity contribution in [2.45, 2.75) is 33.2 Å². The van der Waals surface area contributed by atoms with Crippen LogP contribution < -0.4 is 10.6 Å². The molecular weight excluding hydrogens is 453 g/mol. The van der Waals surface area contributed by atoms with Crippen LogP contribution in [0, 0.1) is 0 Å². The van der Waals surface area contributed by atoms with Crippen LogP contribution in [-0.4, -0.2) is 75.0 Å². The van der Waals surface area contributed by atoms with Crippen molar-refractivity contribution in [2.24, 2.45) is 4.99 Å². The maximum absolute atomic E-state index is 12.1. The molecule has 1 unspecified atom stereocenters. The van der Waals surface area contributed by atoms with E-state index in [-0.39, 0.29) is 29.9 Å². The van der Waals surface area contributed by atoms with Gasteiger partial charge in [0.15, 0.2) is 5.96 Å². The van der Waals surface area contributed by atoms with Crippen LogP contribution >= 0.6 is 24.0 Å². The Bertz CT molecular complexity index is 587. The fourth-order valence-electron chi connectivity index (χ4n) is 2.88. The molecule has 27 heavy (non-hydrogen) atoms. The van der Waals surface area contributed by atoms with Crippen molar-refractivity contribution < 1.29 is 4.79 Å². The summed E-state index contributed by atoms with van der Waals surface area (Å²) in [6.07, 6.45) is 0.834. The number of guanidine groups is 1. The Kier molecular flexibility index (Phi) is 13.1. The summed E-state index contributed by atoms with van der Waals surface area (Å²) in [6, 6.07) is 8.26. The summed E-state index contributed by atoms with van der Waals surface area (Å²) in [4.78, 5) is 20.3. The topological polar surface area (TPSA) is 60.0 Å². The molecule has 1 rings (SSSR count). The van der Waals surface area contributed by atoms with Gasteiger partial charge in [-0.05, 0) is 44.1 Å². The number of rotatable bonds is 9. The fraction of sp³-hybridized carbons (Fsp3) is 0.600. The van der Waals surface area contributed by atoms with Crippen LogP contribution in [0.1, 0.15) is 36.7 Å². The first-order chi connectivity index (χ1) is 12.4. The maximum atomic E-state index is 12.1. The van der Waals surface area contributed by atoms with Gasteiger partial charge in [-0.2, -0.15) is 0 Å². The first kappa shape index (κ1) is 25.6. The van der Waals surface area contributed by atoms with E-state index in [1.165, 1.54) is 0 Å². The van der Waals surface area contributed by atoms with Gasteiger partial charge < -0.3 is 15.5 Å². The summed E-state index contributed by atoms with van der Waals surface area (Å²) in [5.74, 6) is 0.840. The number of hydrogen-bond donors (Lipinski definition) is 2. The predicted molar refractivity (Wildman–Crippen MR) is 125 cm³/mol. The average Bonchev–Trinajstić information content (AvgIpc) is 2.64. The second-order valence-corrected chi connectivity index (χ2v) is 6.60. The zero-order valence-corrected chi connectivity index (χ0v) is 19.9. The van der Waals surface area contributed by atoms with Crippen LogP contribution in [0.25, 0.3) is 0 Å². The molecule has 1 atom stereocenters. The highest BCUT2D eigenvalue weighted by atomic mass is 127. The summed E-state index contributed by atoms with van der Waals surface area (Å²) in [7, 11) is 5.32. The second kappa shape index (κ2) is 13.8. The Hall–Kier alpha value is -1.35. The molecule has 0 fully saturated rings. The van der Waals surface area contributed by atoms with Gasteiger partial charge in [0, 0.05) is 45.8 Å². The van der Waals surface area contributed by atoms with Crippen molar-refractivity contribution in [1.29, 1.82) is 0 Å². The van der Waals surface area contributed by atoms with Gasteiger partial charge >= 0.3 is 0 Å². The number of carbonyl (C=O) groups is 1. The number of halogens is 1. The van der Waals surface area contributed by atoms with Crippen LogP contribution in [0.3, 0.4) is 0 Å². The largest absolute Gasteiger partial charge is 0.356 e. The summed E-state index contributed by atoms with van der Waals surface area (Å²) in [6.45, 7) is 10.3. The van der Waals surface area contributed by atoms with Gasteiger partial charge in [0.25, 0.3) is 5.91 Å². The van der Waals surface area contributed by atoms with E-state index in [0.29, 0.717) is 6.04 Å². The summed E-state index contributed by atoms with van der Waals surface area (Å²) < 4.78 is 0. The smallest absolute Gasteiger partial charge is 0.253 e. The Morgan fingerprint density at radius 3 is 2.41 bits per heavy atom. The lowest BCUT2D eigenvalue weighted by atomic mass is 10.1. The Morgan fingerprint density at radius 1 is 1.19 bits per heavy atom. The number of benzene rings is 1. The molecule has 1 aromatic rings. The van der Waals surface area contributed by atoms with E-state index < -0.39 is 0 Å². The fourth-order valence-corrected chi connectivity index (χ4v) is 2.88. The van der Waals surface area contributed by atoms with Gasteiger partial charge in [-0.1, -0.05) is 26.0 Å². The van der Waals surface area contributed by atoms with Crippen LogP contribution in [0.2, 0.25) is 0 Å². The minimum Gasteiger partial charge on any atom is -0.356 e. The number of nitrogens with zero attached hydrogens (tertiary/aromatic N) is 3. The molecule has 0 radical (unpaired) electrons. The van der Waals surface area contributed by atoms with E-state index in [2.05, 4.69) is 41.3 Å². The predicted octanol–water partition coefficient (Wildman–Crippen LogP) is 2.44. The highest BCUT2D eigenvalue weighted by Gasteiger charge is 2.11. The summed E-state index contributed by atoms with van der Waals surface area (Å²) >= 11 is 0. The molecule has 1 amide bonds. The molecule has 2 N–H and O–H groups in total. The lowest BCUT2D eigenvalue weighted by Crippen LogP contribution is -2.46. The first-order valence-corrected chi connectivity index (χ1v) is 9.42. The summed E-state index contributed by atoms with van der Waals surface area (Å²) in [5.41, 5.74) is 1.86. The molecule has 6 nitrogen and oxygen atoms in total. The Morgan fingerprint density at radius 2 is 1.85 bits per heavy atom. The zero-order chi connectivity index (χ0) is 19.5. The summed E-state index contributed by atoms with van der Waals surface area (Å²) in [5, 5.41) is 6.73. The van der Waals surface area contributed by atoms with E-state index in [4.69, 9.17) is 0 Å². The zero-order valence-electron chi connectivity index (χ0n) is 17.6. The molecule has 7 heteroatoms. The van der Waals surface area contributed by atoms with Crippen LogP contribution in [0.15, 0.2) is 29.3 Å². The van der Waals surface area contributed by atoms with E-state index in [9.17, 15) is 4.79 Å². The molecule has 0 saturated carbocycles. The van der Waals surface area contributed by atoms with Gasteiger partial charge in [-0.3, -0.25) is 14.7 Å². The number of nitrogens with one attached hydrogen (secondary N) is 2. The van der Waals surface area contributed by atoms with Gasteiger partial charge in [-0.15, -0.1) is 24.0 Å². The van der Waals surface area contributed by atoms with E-state index in [0.717, 1.165) is 49.7 Å². The monoisotopic (exact) mass is 489 g/mol. The van der Waals surface area contributed by atoms with Gasteiger partial charge in [-0.25, -0.2) is 0 Å². The highest BCUT2D eigenvalue weighted by molar-refractivity contribution is 14.0. The third-order valence-electron chi connectivity index (χ3n) is 4.51. The number of aliphatic imine (C=N–C) groups is 1. The molecule has 0 bridgehead atoms.